The summed E-state index contributed by atoms with van der Waals surface area (Å²) in [6, 6.07) is 0. The molecule has 2 rings (SSSR count). The van der Waals surface area contributed by atoms with Gasteiger partial charge >= 0.3 is 0 Å². The monoisotopic (exact) mass is 163 g/mol. The molecule has 0 aromatic heterocycles. The molecule has 0 spiro atoms. The largest absolute Gasteiger partial charge is 0.503 e. The van der Waals surface area contributed by atoms with Crippen molar-refractivity contribution < 1.29 is 9.84 Å². The Balaban J connectivity index is 2.45. The van der Waals surface area contributed by atoms with Crippen molar-refractivity contribution in [2.24, 2.45) is 5.73 Å². The van der Waals surface area contributed by atoms with Crippen molar-refractivity contribution >= 4 is 0 Å². The van der Waals surface area contributed by atoms with E-state index in [1.165, 1.54) is 6.26 Å². The van der Waals surface area contributed by atoms with Crippen LogP contribution in [0.2, 0.25) is 0 Å². The summed E-state index contributed by atoms with van der Waals surface area (Å²) >= 11 is 0. The van der Waals surface area contributed by atoms with Gasteiger partial charge in [0.25, 0.3) is 0 Å². The van der Waals surface area contributed by atoms with E-state index in [0.29, 0.717) is 5.70 Å². The fourth-order valence-electron chi connectivity index (χ4n) is 1.23. The lowest BCUT2D eigenvalue weighted by molar-refractivity contribution is 0.192. The number of aliphatic hydroxyl groups is 1. The zero-order valence-electron chi connectivity index (χ0n) is 6.40. The molecule has 1 unspecified atom stereocenters. The Morgan fingerprint density at radius 3 is 3.08 bits per heavy atom. The topological polar surface area (TPSA) is 55.5 Å². The molecule has 0 aromatic carbocycles. The Morgan fingerprint density at radius 1 is 1.42 bits per heavy atom. The van der Waals surface area contributed by atoms with Crippen molar-refractivity contribution in [1.29, 1.82) is 0 Å². The Morgan fingerprint density at radius 2 is 2.25 bits per heavy atom. The SMILES string of the molecule is NC1=C2C=CC=CC2OC=C1O. The van der Waals surface area contributed by atoms with E-state index >= 15 is 0 Å². The van der Waals surface area contributed by atoms with Crippen LogP contribution < -0.4 is 5.73 Å². The van der Waals surface area contributed by atoms with Crippen molar-refractivity contribution in [1.82, 2.24) is 0 Å². The van der Waals surface area contributed by atoms with Crippen LogP contribution in [0.25, 0.3) is 0 Å². The maximum absolute atomic E-state index is 9.21. The number of hydrogen-bond donors (Lipinski definition) is 2. The van der Waals surface area contributed by atoms with E-state index in [1.54, 1.807) is 0 Å². The molecule has 2 aliphatic rings. The van der Waals surface area contributed by atoms with Crippen LogP contribution in [0.1, 0.15) is 0 Å². The number of aliphatic hydroxyl groups excluding tert-OH is 1. The molecular formula is C9H9NO2. The van der Waals surface area contributed by atoms with Crippen LogP contribution in [0.4, 0.5) is 0 Å². The summed E-state index contributed by atoms with van der Waals surface area (Å²) in [6.07, 6.45) is 8.60. The maximum Gasteiger partial charge on any atom is 0.174 e. The van der Waals surface area contributed by atoms with Gasteiger partial charge in [0.2, 0.25) is 0 Å². The molecule has 3 nitrogen and oxygen atoms in total. The quantitative estimate of drug-likeness (QED) is 0.562. The average Bonchev–Trinajstić information content (AvgIpc) is 2.12. The van der Waals surface area contributed by atoms with E-state index in [1.807, 2.05) is 24.3 Å². The third kappa shape index (κ3) is 0.906. The van der Waals surface area contributed by atoms with Gasteiger partial charge in [0.05, 0.1) is 5.70 Å². The minimum absolute atomic E-state index is 0.00111. The highest BCUT2D eigenvalue weighted by Crippen LogP contribution is 2.24. The first-order valence-corrected chi connectivity index (χ1v) is 3.68. The molecule has 1 aliphatic carbocycles. The Hall–Kier alpha value is -1.64. The van der Waals surface area contributed by atoms with Crippen LogP contribution >= 0.6 is 0 Å². The number of hydrogen-bond acceptors (Lipinski definition) is 3. The zero-order valence-corrected chi connectivity index (χ0v) is 6.40. The number of rotatable bonds is 0. The highest BCUT2D eigenvalue weighted by atomic mass is 16.5. The van der Waals surface area contributed by atoms with Crippen LogP contribution in [-0.4, -0.2) is 11.2 Å². The summed E-state index contributed by atoms with van der Waals surface area (Å²) in [4.78, 5) is 0. The molecule has 0 fully saturated rings. The molecule has 62 valence electrons. The van der Waals surface area contributed by atoms with Crippen LogP contribution in [0.3, 0.4) is 0 Å². The van der Waals surface area contributed by atoms with Gasteiger partial charge in [-0.3, -0.25) is 0 Å². The van der Waals surface area contributed by atoms with Gasteiger partial charge in [-0.1, -0.05) is 18.2 Å². The molecule has 1 aliphatic heterocycles. The Kier molecular flexibility index (Phi) is 1.43. The first-order valence-electron chi connectivity index (χ1n) is 3.68. The van der Waals surface area contributed by atoms with E-state index in [-0.39, 0.29) is 11.9 Å². The molecule has 0 aromatic rings. The van der Waals surface area contributed by atoms with E-state index < -0.39 is 0 Å². The highest BCUT2D eigenvalue weighted by molar-refractivity contribution is 5.44. The van der Waals surface area contributed by atoms with E-state index in [4.69, 9.17) is 10.5 Å². The van der Waals surface area contributed by atoms with Crippen molar-refractivity contribution in [2.75, 3.05) is 0 Å². The first-order chi connectivity index (χ1) is 5.79. The summed E-state index contributed by atoms with van der Waals surface area (Å²) in [5, 5.41) is 9.21. The first kappa shape index (κ1) is 7.03. The molecule has 3 N–H and O–H groups in total. The molecule has 1 heterocycles. The molecular weight excluding hydrogens is 154 g/mol. The van der Waals surface area contributed by atoms with Gasteiger partial charge in [0.15, 0.2) is 5.76 Å². The number of nitrogens with two attached hydrogens (primary N) is 1. The van der Waals surface area contributed by atoms with Gasteiger partial charge in [-0.05, 0) is 6.08 Å². The molecule has 0 radical (unpaired) electrons. The van der Waals surface area contributed by atoms with Crippen molar-refractivity contribution in [3.63, 3.8) is 0 Å². The van der Waals surface area contributed by atoms with Crippen LogP contribution in [0.15, 0.2) is 47.6 Å². The van der Waals surface area contributed by atoms with Gasteiger partial charge < -0.3 is 15.6 Å². The zero-order chi connectivity index (χ0) is 8.55. The summed E-state index contributed by atoms with van der Waals surface area (Å²) in [7, 11) is 0. The molecule has 12 heavy (non-hydrogen) atoms. The van der Waals surface area contributed by atoms with Gasteiger partial charge in [-0.2, -0.15) is 0 Å². The molecule has 3 heteroatoms. The maximum atomic E-state index is 9.21. The second kappa shape index (κ2) is 2.44. The summed E-state index contributed by atoms with van der Waals surface area (Å²) < 4.78 is 5.18. The second-order valence-corrected chi connectivity index (χ2v) is 2.67. The van der Waals surface area contributed by atoms with E-state index in [9.17, 15) is 5.11 Å². The highest BCUT2D eigenvalue weighted by Gasteiger charge is 2.21. The number of ether oxygens (including phenoxy) is 1. The minimum atomic E-state index is -0.133. The van der Waals surface area contributed by atoms with Crippen LogP contribution in [-0.2, 0) is 4.74 Å². The average molecular weight is 163 g/mol. The fraction of sp³-hybridized carbons (Fsp3) is 0.111. The van der Waals surface area contributed by atoms with Crippen molar-refractivity contribution in [2.45, 2.75) is 6.10 Å². The van der Waals surface area contributed by atoms with Crippen molar-refractivity contribution in [3.05, 3.63) is 47.6 Å². The Bertz CT molecular complexity index is 323. The summed E-state index contributed by atoms with van der Waals surface area (Å²) in [5.41, 5.74) is 6.84. The molecule has 0 saturated carbocycles. The normalized spacial score (nSPS) is 26.3. The fourth-order valence-corrected chi connectivity index (χ4v) is 1.23. The molecule has 0 amide bonds. The second-order valence-electron chi connectivity index (χ2n) is 2.67. The standard InChI is InChI=1S/C9H9NO2/c10-9-6-3-1-2-4-8(6)12-5-7(9)11/h1-5,8,11H,10H2. The van der Waals surface area contributed by atoms with Crippen LogP contribution in [0.5, 0.6) is 0 Å². The lowest BCUT2D eigenvalue weighted by Crippen LogP contribution is -2.21. The number of allylic oxidation sites excluding steroid dienone is 2. The lowest BCUT2D eigenvalue weighted by Gasteiger charge is -2.22. The molecule has 1 atom stereocenters. The van der Waals surface area contributed by atoms with Gasteiger partial charge in [0.1, 0.15) is 12.4 Å². The predicted molar refractivity (Wildman–Crippen MR) is 45.1 cm³/mol. The minimum Gasteiger partial charge on any atom is -0.503 e. The van der Waals surface area contributed by atoms with Crippen LogP contribution in [0, 0.1) is 0 Å². The Labute approximate surface area is 70.1 Å². The van der Waals surface area contributed by atoms with E-state index in [0.717, 1.165) is 5.57 Å². The summed E-state index contributed by atoms with van der Waals surface area (Å²) in [5.74, 6) is 0.00111. The van der Waals surface area contributed by atoms with Gasteiger partial charge in [-0.15, -0.1) is 0 Å². The predicted octanol–water partition coefficient (Wildman–Crippen LogP) is 1.12. The number of fused-ring (bicyclic) bond motifs is 1. The molecule has 0 bridgehead atoms. The third-order valence-electron chi connectivity index (χ3n) is 1.89. The molecule has 0 saturated heterocycles. The third-order valence-corrected chi connectivity index (χ3v) is 1.89. The van der Waals surface area contributed by atoms with Gasteiger partial charge in [-0.25, -0.2) is 0 Å². The van der Waals surface area contributed by atoms with E-state index in [2.05, 4.69) is 0 Å². The van der Waals surface area contributed by atoms with Gasteiger partial charge in [0, 0.05) is 5.57 Å². The smallest absolute Gasteiger partial charge is 0.174 e. The summed E-state index contributed by atoms with van der Waals surface area (Å²) in [6.45, 7) is 0. The lowest BCUT2D eigenvalue weighted by atomic mass is 10.0. The van der Waals surface area contributed by atoms with Crippen molar-refractivity contribution in [3.8, 4) is 0 Å².